The number of aliphatic carboxylic acids is 1. The Labute approximate surface area is 324 Å². The minimum absolute atomic E-state index is 0. The Balaban J connectivity index is 0.00000230. The van der Waals surface area contributed by atoms with Crippen molar-refractivity contribution in [1.82, 2.24) is 0 Å². The van der Waals surface area contributed by atoms with Crippen molar-refractivity contribution in [2.45, 2.75) is 69.3 Å². The van der Waals surface area contributed by atoms with Crippen molar-refractivity contribution in [2.75, 3.05) is 40.5 Å². The molecule has 1 aliphatic carbocycles. The largest absolute Gasteiger partial charge is 0.481 e. The molecule has 0 bridgehead atoms. The quantitative estimate of drug-likeness (QED) is 0.0806. The molecule has 2 aliphatic rings. The molecule has 1 fully saturated rings. The molecule has 1 amide bonds. The van der Waals surface area contributed by atoms with Gasteiger partial charge in [-0.15, -0.1) is 0 Å². The van der Waals surface area contributed by atoms with Crippen LogP contribution < -0.4 is 19.8 Å². The molecular weight excluding hydrogens is 811 g/mol. The number of carboxylic acid groups (broad SMARTS) is 1. The van der Waals surface area contributed by atoms with E-state index >= 15 is 0 Å². The van der Waals surface area contributed by atoms with Crippen LogP contribution in [0.5, 0.6) is 0 Å². The molecule has 3 aromatic rings. The third-order valence-electron chi connectivity index (χ3n) is 8.76. The van der Waals surface area contributed by atoms with Crippen molar-refractivity contribution in [1.29, 1.82) is 0 Å². The Bertz CT molecular complexity index is 1650. The maximum absolute atomic E-state index is 14.6. The van der Waals surface area contributed by atoms with Gasteiger partial charge in [0.2, 0.25) is 5.91 Å². The number of anilines is 4. The molecule has 0 aromatic heterocycles. The van der Waals surface area contributed by atoms with E-state index in [1.54, 1.807) is 24.3 Å². The number of alkyl halides is 5. The number of ether oxygens (including phenoxy) is 1. The van der Waals surface area contributed by atoms with Gasteiger partial charge in [0.05, 0.1) is 46.7 Å². The van der Waals surface area contributed by atoms with E-state index in [2.05, 4.69) is 22.5 Å². The van der Waals surface area contributed by atoms with Crippen LogP contribution >= 0.6 is 11.9 Å². The van der Waals surface area contributed by atoms with E-state index in [0.29, 0.717) is 11.6 Å². The third-order valence-corrected chi connectivity index (χ3v) is 9.70. The first-order valence-corrected chi connectivity index (χ1v) is 16.8. The summed E-state index contributed by atoms with van der Waals surface area (Å²) in [4.78, 5) is 29.2. The van der Waals surface area contributed by atoms with Gasteiger partial charge >= 0.3 is 12.1 Å². The van der Waals surface area contributed by atoms with Crippen LogP contribution in [0.15, 0.2) is 65.6 Å². The van der Waals surface area contributed by atoms with Crippen molar-refractivity contribution < 1.29 is 73.1 Å². The van der Waals surface area contributed by atoms with E-state index in [-0.39, 0.29) is 59.8 Å². The summed E-state index contributed by atoms with van der Waals surface area (Å²) in [5.74, 6) is -7.29. The Morgan fingerprint density at radius 1 is 1.08 bits per heavy atom. The molecule has 5 atom stereocenters. The van der Waals surface area contributed by atoms with Crippen LogP contribution in [-0.4, -0.2) is 56.4 Å². The van der Waals surface area contributed by atoms with Crippen molar-refractivity contribution in [3.05, 3.63) is 85.0 Å². The van der Waals surface area contributed by atoms with Crippen LogP contribution in [-0.2, 0) is 47.8 Å². The molecule has 3 N–H and O–H groups in total. The summed E-state index contributed by atoms with van der Waals surface area (Å²) in [5.41, 5.74) is 1.56. The Hall–Kier alpha value is -3.19. The zero-order valence-electron chi connectivity index (χ0n) is 29.8. The molecular formula is C36H43CdF6N4O4S-. The monoisotopic (exact) mass is 855 g/mol. The molecule has 0 saturated heterocycles. The number of rotatable bonds is 10. The molecule has 16 heteroatoms. The minimum atomic E-state index is -4.82. The maximum Gasteiger partial charge on any atom is 0.416 e. The first-order valence-electron chi connectivity index (χ1n) is 16.1. The molecule has 8 nitrogen and oxygen atoms in total. The van der Waals surface area contributed by atoms with Crippen molar-refractivity contribution >= 4 is 46.6 Å². The van der Waals surface area contributed by atoms with Crippen molar-refractivity contribution in [3.63, 3.8) is 0 Å². The van der Waals surface area contributed by atoms with Gasteiger partial charge in [0.1, 0.15) is 12.4 Å². The van der Waals surface area contributed by atoms with E-state index < -0.39 is 72.0 Å². The fourth-order valence-electron chi connectivity index (χ4n) is 6.23. The fourth-order valence-corrected chi connectivity index (χ4v) is 7.07. The summed E-state index contributed by atoms with van der Waals surface area (Å²) >= 11 is 1.47. The Kier molecular flexibility index (Phi) is 16.6. The van der Waals surface area contributed by atoms with Crippen LogP contribution in [0.1, 0.15) is 50.7 Å². The smallest absolute Gasteiger partial charge is 0.416 e. The molecule has 52 heavy (non-hydrogen) atoms. The average Bonchev–Trinajstić information content (AvgIpc) is 3.36. The number of nitrogens with one attached hydrogen (secondary N) is 2. The summed E-state index contributed by atoms with van der Waals surface area (Å²) in [6, 6.07) is 14.6. The van der Waals surface area contributed by atoms with Crippen LogP contribution in [0.3, 0.4) is 0 Å². The average molecular weight is 854 g/mol. The maximum atomic E-state index is 14.6. The van der Waals surface area contributed by atoms with Gasteiger partial charge in [-0.2, -0.15) is 13.2 Å². The Morgan fingerprint density at radius 2 is 1.73 bits per heavy atom. The number of fused-ring (bicyclic) bond motifs is 1. The van der Waals surface area contributed by atoms with Crippen LogP contribution in [0.2, 0.25) is 0 Å². The van der Waals surface area contributed by atoms with Crippen molar-refractivity contribution in [2.24, 2.45) is 11.8 Å². The topological polar surface area (TPSA) is 94.1 Å². The van der Waals surface area contributed by atoms with E-state index in [4.69, 9.17) is 4.74 Å². The van der Waals surface area contributed by atoms with Gasteiger partial charge in [0.15, 0.2) is 0 Å². The van der Waals surface area contributed by atoms with Gasteiger partial charge in [-0.1, -0.05) is 26.0 Å². The molecule has 5 rings (SSSR count). The normalized spacial score (nSPS) is 20.7. The van der Waals surface area contributed by atoms with Gasteiger partial charge in [0.25, 0.3) is 6.43 Å². The van der Waals surface area contributed by atoms with E-state index in [1.165, 1.54) is 11.9 Å². The van der Waals surface area contributed by atoms with Gasteiger partial charge in [0, 0.05) is 57.9 Å². The second-order valence-corrected chi connectivity index (χ2v) is 13.1. The number of hydrogen-bond acceptors (Lipinski definition) is 7. The molecule has 1 saturated carbocycles. The van der Waals surface area contributed by atoms with E-state index in [9.17, 15) is 41.0 Å². The SMILES string of the molecule is CC.CC1Nc2cc(SN(C)c3ccc(C4CC(OCC(F)F)CC(C(=O)Nc5ccc(C(F)(F)F)cc5F)[C@@H]4C(=O)O)cc3)ccc2N1C.[CH3-].[Cd]. The summed E-state index contributed by atoms with van der Waals surface area (Å²) in [7, 11) is 3.87. The first kappa shape index (κ1) is 45.0. The van der Waals surface area contributed by atoms with E-state index in [1.807, 2.05) is 50.4 Å². The number of halogens is 6. The number of carbonyl (C=O) groups is 2. The van der Waals surface area contributed by atoms with Gasteiger partial charge in [-0.25, -0.2) is 13.2 Å². The molecule has 3 aromatic carbocycles. The second kappa shape index (κ2) is 19.2. The third kappa shape index (κ3) is 10.7. The zero-order chi connectivity index (χ0) is 36.9. The standard InChI is InChI=1S/C33H34F6N4O4S.C2H6.CH3.Cd/c1-17-40-27-15-22(9-11-28(27)42(17)2)48-43(3)20-7-4-18(5-8-20)23-13-21(47-16-29(35)36)14-24(30(23)32(45)46)31(44)41-26-10-6-19(12-25(26)34)33(37,38)39;1-2;;/h4-12,15,17,21,23-24,29-30,40H,13-14,16H2,1-3H3,(H,41,44)(H,45,46);1-2H3;1H3;/q;;-1;/t17?,21?,23?,24?,30-;;;/m1.../s1. The van der Waals surface area contributed by atoms with Crippen LogP contribution in [0, 0.1) is 25.1 Å². The number of hydrogen-bond donors (Lipinski definition) is 3. The Morgan fingerprint density at radius 3 is 2.31 bits per heavy atom. The van der Waals surface area contributed by atoms with Crippen molar-refractivity contribution in [3.8, 4) is 0 Å². The second-order valence-electron chi connectivity index (χ2n) is 11.9. The molecule has 1 heterocycles. The summed E-state index contributed by atoms with van der Waals surface area (Å²) in [6.45, 7) is 5.12. The number of carboxylic acids is 1. The summed E-state index contributed by atoms with van der Waals surface area (Å²) in [6.07, 6.45) is -8.66. The van der Waals surface area contributed by atoms with Gasteiger partial charge in [-0.3, -0.25) is 9.59 Å². The minimum Gasteiger partial charge on any atom is -0.481 e. The number of amides is 1. The van der Waals surface area contributed by atoms with Crippen LogP contribution in [0.25, 0.3) is 0 Å². The summed E-state index contributed by atoms with van der Waals surface area (Å²) in [5, 5.41) is 15.9. The molecule has 0 spiro atoms. The van der Waals surface area contributed by atoms with Crippen LogP contribution in [0.4, 0.5) is 49.1 Å². The molecule has 282 valence electrons. The number of benzene rings is 3. The van der Waals surface area contributed by atoms with Gasteiger partial charge < -0.3 is 37.1 Å². The van der Waals surface area contributed by atoms with E-state index in [0.717, 1.165) is 28.0 Å². The fraction of sp³-hybridized carbons (Fsp3) is 0.417. The summed E-state index contributed by atoms with van der Waals surface area (Å²) < 4.78 is 87.0. The van der Waals surface area contributed by atoms with Gasteiger partial charge in [-0.05, 0) is 85.8 Å². The molecule has 0 radical (unpaired) electrons. The number of carbonyl (C=O) groups excluding carboxylic acids is 1. The molecule has 1 aliphatic heterocycles. The predicted molar refractivity (Wildman–Crippen MR) is 189 cm³/mol. The zero-order valence-corrected chi connectivity index (χ0v) is 34.7. The first-order chi connectivity index (χ1) is 23.6. The predicted octanol–water partition coefficient (Wildman–Crippen LogP) is 9.15. The number of nitrogens with zero attached hydrogens (tertiary/aromatic N) is 2. The molecule has 4 unspecified atom stereocenters.